The molecule has 1 unspecified atom stereocenters. The number of anilines is 1. The summed E-state index contributed by atoms with van der Waals surface area (Å²) >= 11 is 0. The van der Waals surface area contributed by atoms with E-state index in [0.29, 0.717) is 12.0 Å². The smallest absolute Gasteiger partial charge is 0.253 e. The number of aryl methyl sites for hydroxylation is 1. The SMILES string of the molecule is CNc1ccc(C)cc1C(=O)NC(C)Cc1ccco1. The third kappa shape index (κ3) is 3.41. The van der Waals surface area contributed by atoms with Gasteiger partial charge in [0.15, 0.2) is 0 Å². The molecule has 1 amide bonds. The van der Waals surface area contributed by atoms with Gasteiger partial charge in [0, 0.05) is 25.2 Å². The highest BCUT2D eigenvalue weighted by molar-refractivity contribution is 5.99. The van der Waals surface area contributed by atoms with E-state index >= 15 is 0 Å². The Morgan fingerprint density at radius 2 is 2.15 bits per heavy atom. The fourth-order valence-electron chi connectivity index (χ4n) is 2.15. The van der Waals surface area contributed by atoms with Crippen molar-refractivity contribution in [1.82, 2.24) is 5.32 Å². The van der Waals surface area contributed by atoms with Gasteiger partial charge in [-0.3, -0.25) is 4.79 Å². The van der Waals surface area contributed by atoms with E-state index < -0.39 is 0 Å². The Morgan fingerprint density at radius 1 is 1.35 bits per heavy atom. The molecule has 2 N–H and O–H groups in total. The van der Waals surface area contributed by atoms with Gasteiger partial charge in [0.25, 0.3) is 5.91 Å². The zero-order valence-electron chi connectivity index (χ0n) is 12.1. The normalized spacial score (nSPS) is 11.9. The predicted molar refractivity (Wildman–Crippen MR) is 80.1 cm³/mol. The molecule has 0 radical (unpaired) electrons. The van der Waals surface area contributed by atoms with Crippen LogP contribution in [0.1, 0.15) is 28.6 Å². The van der Waals surface area contributed by atoms with Crippen LogP contribution in [-0.2, 0) is 6.42 Å². The summed E-state index contributed by atoms with van der Waals surface area (Å²) in [4.78, 5) is 12.3. The van der Waals surface area contributed by atoms with Gasteiger partial charge in [0.05, 0.1) is 11.8 Å². The Morgan fingerprint density at radius 3 is 2.80 bits per heavy atom. The molecule has 1 aromatic heterocycles. The lowest BCUT2D eigenvalue weighted by molar-refractivity contribution is 0.0940. The summed E-state index contributed by atoms with van der Waals surface area (Å²) < 4.78 is 5.29. The van der Waals surface area contributed by atoms with Crippen molar-refractivity contribution < 1.29 is 9.21 Å². The van der Waals surface area contributed by atoms with Gasteiger partial charge in [-0.15, -0.1) is 0 Å². The van der Waals surface area contributed by atoms with E-state index in [1.165, 1.54) is 0 Å². The van der Waals surface area contributed by atoms with E-state index in [0.717, 1.165) is 17.0 Å². The monoisotopic (exact) mass is 272 g/mol. The van der Waals surface area contributed by atoms with Gasteiger partial charge < -0.3 is 15.1 Å². The summed E-state index contributed by atoms with van der Waals surface area (Å²) in [5, 5.41) is 6.04. The maximum absolute atomic E-state index is 12.3. The van der Waals surface area contributed by atoms with Crippen LogP contribution in [0.4, 0.5) is 5.69 Å². The van der Waals surface area contributed by atoms with Crippen LogP contribution in [0.25, 0.3) is 0 Å². The van der Waals surface area contributed by atoms with Crippen LogP contribution in [-0.4, -0.2) is 19.0 Å². The van der Waals surface area contributed by atoms with Crippen molar-refractivity contribution in [2.24, 2.45) is 0 Å². The van der Waals surface area contributed by atoms with Gasteiger partial charge in [0.2, 0.25) is 0 Å². The largest absolute Gasteiger partial charge is 0.469 e. The lowest BCUT2D eigenvalue weighted by Crippen LogP contribution is -2.34. The van der Waals surface area contributed by atoms with Crippen LogP contribution in [0.2, 0.25) is 0 Å². The van der Waals surface area contributed by atoms with Crippen molar-refractivity contribution in [3.8, 4) is 0 Å². The van der Waals surface area contributed by atoms with Crippen molar-refractivity contribution in [1.29, 1.82) is 0 Å². The lowest BCUT2D eigenvalue weighted by Gasteiger charge is -2.15. The third-order valence-electron chi connectivity index (χ3n) is 3.15. The topological polar surface area (TPSA) is 54.3 Å². The highest BCUT2D eigenvalue weighted by Gasteiger charge is 2.14. The van der Waals surface area contributed by atoms with Gasteiger partial charge in [-0.05, 0) is 38.1 Å². The molecule has 2 aromatic rings. The average Bonchev–Trinajstić information content (AvgIpc) is 2.91. The van der Waals surface area contributed by atoms with Crippen LogP contribution >= 0.6 is 0 Å². The first-order chi connectivity index (χ1) is 9.60. The van der Waals surface area contributed by atoms with Gasteiger partial charge >= 0.3 is 0 Å². The number of carbonyl (C=O) groups is 1. The molecule has 0 spiro atoms. The molecule has 1 aromatic carbocycles. The lowest BCUT2D eigenvalue weighted by atomic mass is 10.1. The number of benzene rings is 1. The first-order valence-corrected chi connectivity index (χ1v) is 6.72. The quantitative estimate of drug-likeness (QED) is 0.879. The number of rotatable bonds is 5. The van der Waals surface area contributed by atoms with E-state index in [-0.39, 0.29) is 11.9 Å². The van der Waals surface area contributed by atoms with E-state index in [9.17, 15) is 4.79 Å². The summed E-state index contributed by atoms with van der Waals surface area (Å²) in [6, 6.07) is 9.56. The van der Waals surface area contributed by atoms with Gasteiger partial charge in [-0.25, -0.2) is 0 Å². The summed E-state index contributed by atoms with van der Waals surface area (Å²) in [6.45, 7) is 3.94. The van der Waals surface area contributed by atoms with Gasteiger partial charge in [-0.2, -0.15) is 0 Å². The van der Waals surface area contributed by atoms with Crippen molar-refractivity contribution in [2.75, 3.05) is 12.4 Å². The molecule has 1 heterocycles. The minimum Gasteiger partial charge on any atom is -0.469 e. The summed E-state index contributed by atoms with van der Waals surface area (Å²) in [5.41, 5.74) is 2.56. The van der Waals surface area contributed by atoms with Crippen molar-refractivity contribution in [2.45, 2.75) is 26.3 Å². The fraction of sp³-hybridized carbons (Fsp3) is 0.312. The zero-order valence-corrected chi connectivity index (χ0v) is 12.1. The van der Waals surface area contributed by atoms with E-state index in [1.54, 1.807) is 6.26 Å². The average molecular weight is 272 g/mol. The second-order valence-corrected chi connectivity index (χ2v) is 4.96. The molecule has 4 nitrogen and oxygen atoms in total. The van der Waals surface area contributed by atoms with Gasteiger partial charge in [0.1, 0.15) is 5.76 Å². The number of carbonyl (C=O) groups excluding carboxylic acids is 1. The van der Waals surface area contributed by atoms with Crippen LogP contribution < -0.4 is 10.6 Å². The molecule has 0 aliphatic rings. The Hall–Kier alpha value is -2.23. The molecule has 0 aliphatic carbocycles. The number of nitrogens with one attached hydrogen (secondary N) is 2. The van der Waals surface area contributed by atoms with Crippen molar-refractivity contribution in [3.63, 3.8) is 0 Å². The van der Waals surface area contributed by atoms with Crippen molar-refractivity contribution in [3.05, 3.63) is 53.5 Å². The molecule has 106 valence electrons. The maximum atomic E-state index is 12.3. The number of hydrogen-bond acceptors (Lipinski definition) is 3. The fourth-order valence-corrected chi connectivity index (χ4v) is 2.15. The third-order valence-corrected chi connectivity index (χ3v) is 3.15. The molecule has 0 saturated heterocycles. The molecular formula is C16H20N2O2. The highest BCUT2D eigenvalue weighted by atomic mass is 16.3. The van der Waals surface area contributed by atoms with Gasteiger partial charge in [-0.1, -0.05) is 11.6 Å². The Bertz CT molecular complexity index is 576. The minimum atomic E-state index is -0.0721. The first kappa shape index (κ1) is 14.2. The maximum Gasteiger partial charge on any atom is 0.253 e. The Labute approximate surface area is 119 Å². The standard InChI is InChI=1S/C16H20N2O2/c1-11-6-7-15(17-3)14(9-11)16(19)18-12(2)10-13-5-4-8-20-13/h4-9,12,17H,10H2,1-3H3,(H,18,19). The number of hydrogen-bond donors (Lipinski definition) is 2. The molecule has 1 atom stereocenters. The summed E-state index contributed by atoms with van der Waals surface area (Å²) in [7, 11) is 1.81. The van der Waals surface area contributed by atoms with Crippen LogP contribution in [0.3, 0.4) is 0 Å². The Kier molecular flexibility index (Phi) is 4.45. The number of furan rings is 1. The molecule has 0 bridgehead atoms. The van der Waals surface area contributed by atoms with E-state index in [4.69, 9.17) is 4.42 Å². The molecule has 2 rings (SSSR count). The molecule has 0 saturated carbocycles. The zero-order chi connectivity index (χ0) is 14.5. The summed E-state index contributed by atoms with van der Waals surface area (Å²) in [5.74, 6) is 0.799. The second-order valence-electron chi connectivity index (χ2n) is 4.96. The number of amides is 1. The molecule has 0 aliphatic heterocycles. The minimum absolute atomic E-state index is 0.0128. The van der Waals surface area contributed by atoms with E-state index in [2.05, 4.69) is 10.6 Å². The van der Waals surface area contributed by atoms with Crippen LogP contribution in [0.15, 0.2) is 41.0 Å². The predicted octanol–water partition coefficient (Wildman–Crippen LogP) is 2.99. The van der Waals surface area contributed by atoms with Crippen LogP contribution in [0.5, 0.6) is 0 Å². The second kappa shape index (κ2) is 6.28. The molecular weight excluding hydrogens is 252 g/mol. The first-order valence-electron chi connectivity index (χ1n) is 6.72. The molecule has 20 heavy (non-hydrogen) atoms. The Balaban J connectivity index is 2.06. The highest BCUT2D eigenvalue weighted by Crippen LogP contribution is 2.17. The van der Waals surface area contributed by atoms with E-state index in [1.807, 2.05) is 51.2 Å². The van der Waals surface area contributed by atoms with Crippen LogP contribution in [0, 0.1) is 6.92 Å². The summed E-state index contributed by atoms with van der Waals surface area (Å²) in [6.07, 6.45) is 2.32. The van der Waals surface area contributed by atoms with Crippen molar-refractivity contribution >= 4 is 11.6 Å². The molecule has 4 heteroatoms. The molecule has 0 fully saturated rings.